The predicted molar refractivity (Wildman–Crippen MR) is 87.2 cm³/mol. The Balaban J connectivity index is 2.06. The van der Waals surface area contributed by atoms with Gasteiger partial charge in [0.05, 0.1) is 18.1 Å². The topological polar surface area (TPSA) is 75.7 Å². The van der Waals surface area contributed by atoms with Crippen LogP contribution in [0, 0.1) is 0 Å². The van der Waals surface area contributed by atoms with Crippen LogP contribution in [0.5, 0.6) is 0 Å². The molecule has 6 nitrogen and oxygen atoms in total. The molecule has 1 amide bonds. The van der Waals surface area contributed by atoms with Crippen LogP contribution in [0.25, 0.3) is 0 Å². The van der Waals surface area contributed by atoms with Gasteiger partial charge in [0.2, 0.25) is 0 Å². The van der Waals surface area contributed by atoms with Crippen molar-refractivity contribution in [2.75, 3.05) is 34.9 Å². The average molecular weight is 326 g/mol. The third-order valence-electron chi connectivity index (χ3n) is 3.71. The van der Waals surface area contributed by atoms with Crippen molar-refractivity contribution >= 4 is 27.3 Å². The van der Waals surface area contributed by atoms with Crippen molar-refractivity contribution in [1.82, 2.24) is 0 Å². The van der Waals surface area contributed by atoms with E-state index in [1.54, 1.807) is 19.1 Å². The Kier molecular flexibility index (Phi) is 5.28. The third kappa shape index (κ3) is 4.13. The van der Waals surface area contributed by atoms with Gasteiger partial charge in [0.15, 0.2) is 9.84 Å². The number of rotatable bonds is 5. The quantitative estimate of drug-likeness (QED) is 0.898. The molecular weight excluding hydrogens is 304 g/mol. The van der Waals surface area contributed by atoms with E-state index in [9.17, 15) is 13.2 Å². The fraction of sp³-hybridized carbons (Fsp3) is 0.533. The number of sulfone groups is 1. The van der Waals surface area contributed by atoms with Crippen molar-refractivity contribution < 1.29 is 17.9 Å². The number of nitrogens with zero attached hydrogens (tertiary/aromatic N) is 1. The highest BCUT2D eigenvalue weighted by atomic mass is 32.2. The van der Waals surface area contributed by atoms with E-state index in [2.05, 4.69) is 10.2 Å². The van der Waals surface area contributed by atoms with E-state index in [1.165, 1.54) is 0 Å². The molecule has 0 spiro atoms. The maximum atomic E-state index is 11.6. The first-order valence-corrected chi connectivity index (χ1v) is 9.28. The SMILES string of the molecule is CCOC(=O)Nc1ccc(N(CC)C2CCS(=O)(=O)C2)cc1. The summed E-state index contributed by atoms with van der Waals surface area (Å²) >= 11 is 0. The van der Waals surface area contributed by atoms with Crippen LogP contribution in [-0.4, -0.2) is 45.2 Å². The zero-order chi connectivity index (χ0) is 16.2. The van der Waals surface area contributed by atoms with Gasteiger partial charge in [-0.15, -0.1) is 0 Å². The van der Waals surface area contributed by atoms with Gasteiger partial charge >= 0.3 is 6.09 Å². The molecule has 0 aliphatic carbocycles. The minimum atomic E-state index is -2.90. The number of hydrogen-bond donors (Lipinski definition) is 1. The molecule has 1 unspecified atom stereocenters. The number of anilines is 2. The molecule has 7 heteroatoms. The molecule has 0 aromatic heterocycles. The standard InChI is InChI=1S/C15H22N2O4S/c1-3-17(14-9-10-22(19,20)11-14)13-7-5-12(6-8-13)16-15(18)21-4-2/h5-8,14H,3-4,9-11H2,1-2H3,(H,16,18). The summed E-state index contributed by atoms with van der Waals surface area (Å²) in [6.45, 7) is 4.82. The van der Waals surface area contributed by atoms with Crippen LogP contribution in [-0.2, 0) is 14.6 Å². The largest absolute Gasteiger partial charge is 0.450 e. The van der Waals surface area contributed by atoms with Crippen LogP contribution in [0.4, 0.5) is 16.2 Å². The lowest BCUT2D eigenvalue weighted by Gasteiger charge is -2.29. The minimum Gasteiger partial charge on any atom is -0.450 e. The summed E-state index contributed by atoms with van der Waals surface area (Å²) < 4.78 is 28.1. The number of benzene rings is 1. The van der Waals surface area contributed by atoms with Gasteiger partial charge < -0.3 is 9.64 Å². The molecule has 0 bridgehead atoms. The molecule has 0 radical (unpaired) electrons. The molecule has 1 saturated heterocycles. The van der Waals surface area contributed by atoms with E-state index >= 15 is 0 Å². The van der Waals surface area contributed by atoms with Crippen LogP contribution < -0.4 is 10.2 Å². The van der Waals surface area contributed by atoms with Gasteiger partial charge in [-0.25, -0.2) is 13.2 Å². The molecule has 1 atom stereocenters. The van der Waals surface area contributed by atoms with Crippen molar-refractivity contribution in [2.45, 2.75) is 26.3 Å². The Bertz CT molecular complexity index is 613. The second kappa shape index (κ2) is 7.00. The second-order valence-electron chi connectivity index (χ2n) is 5.24. The number of hydrogen-bond acceptors (Lipinski definition) is 5. The number of nitrogens with one attached hydrogen (secondary N) is 1. The molecule has 122 valence electrons. The lowest BCUT2D eigenvalue weighted by molar-refractivity contribution is 0.168. The van der Waals surface area contributed by atoms with Crippen molar-refractivity contribution in [1.29, 1.82) is 0 Å². The maximum absolute atomic E-state index is 11.6. The fourth-order valence-electron chi connectivity index (χ4n) is 2.69. The summed E-state index contributed by atoms with van der Waals surface area (Å²) in [4.78, 5) is 13.5. The highest BCUT2D eigenvalue weighted by Gasteiger charge is 2.31. The summed E-state index contributed by atoms with van der Waals surface area (Å²) in [5.41, 5.74) is 1.61. The van der Waals surface area contributed by atoms with Crippen LogP contribution in [0.2, 0.25) is 0 Å². The van der Waals surface area contributed by atoms with Crippen LogP contribution >= 0.6 is 0 Å². The monoisotopic (exact) mass is 326 g/mol. The number of ether oxygens (including phenoxy) is 1. The Hall–Kier alpha value is -1.76. The average Bonchev–Trinajstić information content (AvgIpc) is 2.82. The van der Waals surface area contributed by atoms with E-state index in [0.29, 0.717) is 18.7 Å². The lowest BCUT2D eigenvalue weighted by Crippen LogP contribution is -2.36. The Morgan fingerprint density at radius 3 is 2.50 bits per heavy atom. The first kappa shape index (κ1) is 16.6. The van der Waals surface area contributed by atoms with E-state index < -0.39 is 15.9 Å². The number of amides is 1. The molecule has 1 aliphatic rings. The lowest BCUT2D eigenvalue weighted by atomic mass is 10.2. The van der Waals surface area contributed by atoms with Gasteiger partial charge in [0.1, 0.15) is 0 Å². The molecule has 22 heavy (non-hydrogen) atoms. The molecular formula is C15H22N2O4S. The van der Waals surface area contributed by atoms with Crippen LogP contribution in [0.3, 0.4) is 0 Å². The highest BCUT2D eigenvalue weighted by molar-refractivity contribution is 7.91. The zero-order valence-corrected chi connectivity index (χ0v) is 13.7. The summed E-state index contributed by atoms with van der Waals surface area (Å²) in [6, 6.07) is 7.38. The normalized spacial score (nSPS) is 19.6. The number of carbonyl (C=O) groups excluding carboxylic acids is 1. The molecule has 0 saturated carbocycles. The summed E-state index contributed by atoms with van der Waals surface area (Å²) in [6.07, 6.45) is 0.184. The molecule has 1 N–H and O–H groups in total. The fourth-order valence-corrected chi connectivity index (χ4v) is 4.42. The van der Waals surface area contributed by atoms with Crippen molar-refractivity contribution in [2.24, 2.45) is 0 Å². The minimum absolute atomic E-state index is 0.0267. The Morgan fingerprint density at radius 2 is 2.00 bits per heavy atom. The molecule has 1 fully saturated rings. The van der Waals surface area contributed by atoms with Crippen molar-refractivity contribution in [3.05, 3.63) is 24.3 Å². The maximum Gasteiger partial charge on any atom is 0.411 e. The summed E-state index contributed by atoms with van der Waals surface area (Å²) in [5.74, 6) is 0.473. The zero-order valence-electron chi connectivity index (χ0n) is 12.9. The molecule has 1 aromatic rings. The van der Waals surface area contributed by atoms with Gasteiger partial charge in [-0.2, -0.15) is 0 Å². The smallest absolute Gasteiger partial charge is 0.411 e. The predicted octanol–water partition coefficient (Wildman–Crippen LogP) is 2.27. The second-order valence-corrected chi connectivity index (χ2v) is 7.46. The van der Waals surface area contributed by atoms with Gasteiger partial charge in [0, 0.05) is 24.0 Å². The third-order valence-corrected chi connectivity index (χ3v) is 5.46. The Labute approximate surface area is 131 Å². The van der Waals surface area contributed by atoms with E-state index in [-0.39, 0.29) is 17.5 Å². The van der Waals surface area contributed by atoms with Crippen molar-refractivity contribution in [3.8, 4) is 0 Å². The van der Waals surface area contributed by atoms with Crippen molar-refractivity contribution in [3.63, 3.8) is 0 Å². The van der Waals surface area contributed by atoms with Crippen LogP contribution in [0.15, 0.2) is 24.3 Å². The van der Waals surface area contributed by atoms with E-state index in [1.807, 2.05) is 19.1 Å². The molecule has 2 rings (SSSR count). The Morgan fingerprint density at radius 1 is 1.32 bits per heavy atom. The van der Waals surface area contributed by atoms with Gasteiger partial charge in [-0.1, -0.05) is 0 Å². The van der Waals surface area contributed by atoms with Crippen LogP contribution in [0.1, 0.15) is 20.3 Å². The van der Waals surface area contributed by atoms with E-state index in [4.69, 9.17) is 4.74 Å². The summed E-state index contributed by atoms with van der Waals surface area (Å²) in [5, 5.41) is 2.63. The molecule has 1 aliphatic heterocycles. The first-order valence-electron chi connectivity index (χ1n) is 7.46. The van der Waals surface area contributed by atoms with Gasteiger partial charge in [-0.05, 0) is 44.5 Å². The number of carbonyl (C=O) groups is 1. The summed E-state index contributed by atoms with van der Waals surface area (Å²) in [7, 11) is -2.90. The molecule has 1 aromatic carbocycles. The van der Waals surface area contributed by atoms with Gasteiger partial charge in [-0.3, -0.25) is 5.32 Å². The highest BCUT2D eigenvalue weighted by Crippen LogP contribution is 2.25. The molecule has 1 heterocycles. The van der Waals surface area contributed by atoms with Gasteiger partial charge in [0.25, 0.3) is 0 Å². The van der Waals surface area contributed by atoms with E-state index in [0.717, 1.165) is 12.2 Å². The first-order chi connectivity index (χ1) is 10.4.